The molecule has 0 aliphatic heterocycles. The van der Waals surface area contributed by atoms with Gasteiger partial charge in [0.05, 0.1) is 21.6 Å². The van der Waals surface area contributed by atoms with E-state index in [0.29, 0.717) is 16.1 Å². The molecule has 7 nitrogen and oxygen atoms in total. The second-order valence-corrected chi connectivity index (χ2v) is 6.26. The predicted octanol–water partition coefficient (Wildman–Crippen LogP) is 3.93. The molecule has 0 aliphatic carbocycles. The largest absolute Gasteiger partial charge is 0.502 e. The standard InChI is InChI=1S/C17H12N2O5S/c20-14-6-5-10(8-13(14)19(23)24)7-11(9-16(21)22)17-18-12-3-1-2-4-15(12)25-17/h1-8,20H,9H2,(H,21,22)/b11-7+. The van der Waals surface area contributed by atoms with Crippen molar-refractivity contribution >= 4 is 44.9 Å². The van der Waals surface area contributed by atoms with E-state index in [1.165, 1.54) is 35.6 Å². The van der Waals surface area contributed by atoms with E-state index in [2.05, 4.69) is 4.98 Å². The highest BCUT2D eigenvalue weighted by Gasteiger charge is 2.16. The molecule has 0 atom stereocenters. The zero-order chi connectivity index (χ0) is 18.0. The summed E-state index contributed by atoms with van der Waals surface area (Å²) >= 11 is 1.35. The molecule has 1 heterocycles. The third-order valence-corrected chi connectivity index (χ3v) is 4.56. The zero-order valence-corrected chi connectivity index (χ0v) is 13.6. The Kier molecular flexibility index (Phi) is 4.44. The molecule has 3 aromatic rings. The van der Waals surface area contributed by atoms with E-state index in [-0.39, 0.29) is 6.42 Å². The van der Waals surface area contributed by atoms with Crippen LogP contribution in [0.4, 0.5) is 5.69 Å². The van der Waals surface area contributed by atoms with E-state index in [0.717, 1.165) is 10.2 Å². The lowest BCUT2D eigenvalue weighted by Gasteiger charge is -2.02. The second kappa shape index (κ2) is 6.70. The number of fused-ring (bicyclic) bond motifs is 1. The Morgan fingerprint density at radius 1 is 1.28 bits per heavy atom. The lowest BCUT2D eigenvalue weighted by Crippen LogP contribution is -1.97. The van der Waals surface area contributed by atoms with Crippen LogP contribution in [0.1, 0.15) is 17.0 Å². The Hall–Kier alpha value is -3.26. The molecule has 2 N–H and O–H groups in total. The van der Waals surface area contributed by atoms with Crippen LogP contribution in [-0.4, -0.2) is 26.1 Å². The molecule has 0 saturated heterocycles. The number of carboxylic acid groups (broad SMARTS) is 1. The topological polar surface area (TPSA) is 114 Å². The number of para-hydroxylation sites is 1. The predicted molar refractivity (Wildman–Crippen MR) is 94.5 cm³/mol. The molecule has 0 spiro atoms. The van der Waals surface area contributed by atoms with Crippen molar-refractivity contribution in [2.75, 3.05) is 0 Å². The highest BCUT2D eigenvalue weighted by atomic mass is 32.1. The molecular formula is C17H12N2O5S. The van der Waals surface area contributed by atoms with Gasteiger partial charge in [-0.2, -0.15) is 0 Å². The normalized spacial score (nSPS) is 11.6. The van der Waals surface area contributed by atoms with Crippen molar-refractivity contribution in [3.63, 3.8) is 0 Å². The van der Waals surface area contributed by atoms with Crippen molar-refractivity contribution in [2.24, 2.45) is 0 Å². The van der Waals surface area contributed by atoms with Crippen LogP contribution in [0.3, 0.4) is 0 Å². The first-order chi connectivity index (χ1) is 11.9. The SMILES string of the molecule is O=C(O)C/C(=C\c1ccc(O)c([N+](=O)[O-])c1)c1nc2ccccc2s1. The number of hydrogen-bond donors (Lipinski definition) is 2. The minimum Gasteiger partial charge on any atom is -0.502 e. The number of aromatic nitrogens is 1. The summed E-state index contributed by atoms with van der Waals surface area (Å²) in [5.41, 5.74) is 1.18. The third kappa shape index (κ3) is 3.64. The van der Waals surface area contributed by atoms with Crippen LogP contribution in [0.15, 0.2) is 42.5 Å². The minimum atomic E-state index is -1.03. The quantitative estimate of drug-likeness (QED) is 0.529. The number of carbonyl (C=O) groups is 1. The van der Waals surface area contributed by atoms with E-state index in [1.807, 2.05) is 24.3 Å². The summed E-state index contributed by atoms with van der Waals surface area (Å²) in [7, 11) is 0. The molecule has 25 heavy (non-hydrogen) atoms. The first-order valence-corrected chi connectivity index (χ1v) is 8.01. The smallest absolute Gasteiger partial charge is 0.311 e. The molecule has 0 saturated carbocycles. The summed E-state index contributed by atoms with van der Waals surface area (Å²) in [6, 6.07) is 11.3. The van der Waals surface area contributed by atoms with E-state index >= 15 is 0 Å². The number of phenolic OH excluding ortho intramolecular Hbond substituents is 1. The Morgan fingerprint density at radius 3 is 2.72 bits per heavy atom. The fraction of sp³-hybridized carbons (Fsp3) is 0.0588. The van der Waals surface area contributed by atoms with Crippen molar-refractivity contribution in [2.45, 2.75) is 6.42 Å². The van der Waals surface area contributed by atoms with Gasteiger partial charge in [-0.05, 0) is 35.4 Å². The minimum absolute atomic E-state index is 0.269. The van der Waals surface area contributed by atoms with Gasteiger partial charge < -0.3 is 10.2 Å². The highest BCUT2D eigenvalue weighted by molar-refractivity contribution is 7.19. The fourth-order valence-corrected chi connectivity index (χ4v) is 3.32. The van der Waals surface area contributed by atoms with Gasteiger partial charge in [-0.1, -0.05) is 18.2 Å². The maximum atomic E-state index is 11.2. The summed E-state index contributed by atoms with van der Waals surface area (Å²) in [5.74, 6) is -1.47. The van der Waals surface area contributed by atoms with Crippen LogP contribution in [0, 0.1) is 10.1 Å². The number of benzene rings is 2. The second-order valence-electron chi connectivity index (χ2n) is 5.23. The molecule has 0 unspecified atom stereocenters. The summed E-state index contributed by atoms with van der Waals surface area (Å²) in [6.45, 7) is 0. The Balaban J connectivity index is 2.09. The zero-order valence-electron chi connectivity index (χ0n) is 12.7. The number of nitro groups is 1. The van der Waals surface area contributed by atoms with Gasteiger partial charge in [0.1, 0.15) is 5.01 Å². The van der Waals surface area contributed by atoms with Gasteiger partial charge in [0.15, 0.2) is 5.75 Å². The van der Waals surface area contributed by atoms with Crippen molar-refractivity contribution in [1.82, 2.24) is 4.98 Å². The summed E-state index contributed by atoms with van der Waals surface area (Å²) in [4.78, 5) is 25.9. The van der Waals surface area contributed by atoms with Crippen LogP contribution in [-0.2, 0) is 4.79 Å². The molecule has 0 bridgehead atoms. The van der Waals surface area contributed by atoms with Gasteiger partial charge in [-0.3, -0.25) is 14.9 Å². The van der Waals surface area contributed by atoms with Gasteiger partial charge in [-0.25, -0.2) is 4.98 Å². The fourth-order valence-electron chi connectivity index (χ4n) is 2.34. The molecule has 0 amide bonds. The van der Waals surface area contributed by atoms with Crippen molar-refractivity contribution in [1.29, 1.82) is 0 Å². The van der Waals surface area contributed by atoms with Gasteiger partial charge in [0.25, 0.3) is 0 Å². The highest BCUT2D eigenvalue weighted by Crippen LogP contribution is 2.32. The molecule has 0 radical (unpaired) electrons. The molecule has 8 heteroatoms. The van der Waals surface area contributed by atoms with Gasteiger partial charge >= 0.3 is 11.7 Å². The molecule has 0 aliphatic rings. The average Bonchev–Trinajstić information content (AvgIpc) is 2.99. The number of rotatable bonds is 5. The average molecular weight is 356 g/mol. The molecule has 1 aromatic heterocycles. The van der Waals surface area contributed by atoms with Crippen LogP contribution >= 0.6 is 11.3 Å². The number of carboxylic acids is 1. The number of hydrogen-bond acceptors (Lipinski definition) is 6. The maximum absolute atomic E-state index is 11.2. The van der Waals surface area contributed by atoms with Gasteiger partial charge in [-0.15, -0.1) is 11.3 Å². The first kappa shape index (κ1) is 16.6. The van der Waals surface area contributed by atoms with E-state index in [4.69, 9.17) is 0 Å². The van der Waals surface area contributed by atoms with Crippen LogP contribution in [0.5, 0.6) is 5.75 Å². The van der Waals surface area contributed by atoms with E-state index < -0.39 is 22.3 Å². The summed E-state index contributed by atoms with van der Waals surface area (Å²) in [5, 5.41) is 30.2. The maximum Gasteiger partial charge on any atom is 0.311 e. The number of nitro benzene ring substituents is 1. The summed E-state index contributed by atoms with van der Waals surface area (Å²) < 4.78 is 0.922. The molecule has 0 fully saturated rings. The van der Waals surface area contributed by atoms with Crippen LogP contribution in [0.25, 0.3) is 21.9 Å². The number of aliphatic carboxylic acids is 1. The van der Waals surface area contributed by atoms with Crippen molar-refractivity contribution in [3.05, 3.63) is 63.1 Å². The number of nitrogens with zero attached hydrogens (tertiary/aromatic N) is 2. The van der Waals surface area contributed by atoms with Crippen LogP contribution in [0.2, 0.25) is 0 Å². The first-order valence-electron chi connectivity index (χ1n) is 7.20. The molecule has 126 valence electrons. The van der Waals surface area contributed by atoms with E-state index in [9.17, 15) is 25.1 Å². The lowest BCUT2D eigenvalue weighted by atomic mass is 10.1. The van der Waals surface area contributed by atoms with Crippen molar-refractivity contribution < 1.29 is 19.9 Å². The molecule has 3 rings (SSSR count). The van der Waals surface area contributed by atoms with Crippen LogP contribution < -0.4 is 0 Å². The van der Waals surface area contributed by atoms with E-state index in [1.54, 1.807) is 0 Å². The molecular weight excluding hydrogens is 344 g/mol. The monoisotopic (exact) mass is 356 g/mol. The Morgan fingerprint density at radius 2 is 2.04 bits per heavy atom. The lowest BCUT2D eigenvalue weighted by molar-refractivity contribution is -0.385. The Labute approximate surface area is 145 Å². The van der Waals surface area contributed by atoms with Crippen molar-refractivity contribution in [3.8, 4) is 5.75 Å². The molecule has 2 aromatic carbocycles. The summed E-state index contributed by atoms with van der Waals surface area (Å²) in [6.07, 6.45) is 1.27. The number of aromatic hydroxyl groups is 1. The Bertz CT molecular complexity index is 976. The van der Waals surface area contributed by atoms with Gasteiger partial charge in [0, 0.05) is 6.07 Å². The van der Waals surface area contributed by atoms with Gasteiger partial charge in [0.2, 0.25) is 0 Å². The number of phenols is 1. The third-order valence-electron chi connectivity index (χ3n) is 3.45. The number of thiazole rings is 1.